The van der Waals surface area contributed by atoms with Gasteiger partial charge in [-0.15, -0.1) is 0 Å². The fraction of sp³-hybridized carbons (Fsp3) is 0.0556. The predicted molar refractivity (Wildman–Crippen MR) is 86.3 cm³/mol. The Morgan fingerprint density at radius 1 is 0.958 bits per heavy atom. The maximum absolute atomic E-state index is 12.1. The van der Waals surface area contributed by atoms with Crippen molar-refractivity contribution in [3.8, 4) is 5.75 Å². The molecule has 2 aromatic rings. The van der Waals surface area contributed by atoms with Crippen LogP contribution in [-0.2, 0) is 4.79 Å². The van der Waals surface area contributed by atoms with Crippen LogP contribution in [0.15, 0.2) is 54.6 Å². The Balaban J connectivity index is 2.07. The Morgan fingerprint density at radius 3 is 2.29 bits per heavy atom. The second-order valence-electron chi connectivity index (χ2n) is 4.83. The van der Waals surface area contributed by atoms with Gasteiger partial charge < -0.3 is 14.9 Å². The Hall–Kier alpha value is -3.41. The van der Waals surface area contributed by atoms with Gasteiger partial charge in [0.25, 0.3) is 0 Å². The summed E-state index contributed by atoms with van der Waals surface area (Å²) in [5, 5.41) is 17.4. The number of carbonyl (C=O) groups is 3. The average molecular weight is 326 g/mol. The zero-order chi connectivity index (χ0) is 17.5. The van der Waals surface area contributed by atoms with E-state index in [0.29, 0.717) is 16.9 Å². The smallest absolute Gasteiger partial charge is 0.341 e. The highest BCUT2D eigenvalue weighted by Crippen LogP contribution is 2.15. The van der Waals surface area contributed by atoms with Crippen LogP contribution in [0.1, 0.15) is 26.3 Å². The molecule has 2 N–H and O–H groups in total. The van der Waals surface area contributed by atoms with Crippen molar-refractivity contribution < 1.29 is 29.3 Å². The minimum atomic E-state index is -1.10. The van der Waals surface area contributed by atoms with Gasteiger partial charge >= 0.3 is 11.9 Å². The van der Waals surface area contributed by atoms with Crippen LogP contribution < -0.4 is 4.74 Å². The van der Waals surface area contributed by atoms with Crippen LogP contribution in [0.4, 0.5) is 0 Å². The Morgan fingerprint density at radius 2 is 1.67 bits per heavy atom. The molecule has 2 rings (SSSR count). The Labute approximate surface area is 137 Å². The summed E-state index contributed by atoms with van der Waals surface area (Å²) in [6, 6.07) is 12.3. The number of ether oxygens (including phenoxy) is 1. The van der Waals surface area contributed by atoms with Gasteiger partial charge in [-0.1, -0.05) is 30.3 Å². The fourth-order valence-corrected chi connectivity index (χ4v) is 1.89. The van der Waals surface area contributed by atoms with Gasteiger partial charge in [-0.3, -0.25) is 4.79 Å². The third-order valence-corrected chi connectivity index (χ3v) is 3.07. The van der Waals surface area contributed by atoms with Crippen molar-refractivity contribution in [3.63, 3.8) is 0 Å². The van der Waals surface area contributed by atoms with E-state index in [2.05, 4.69) is 0 Å². The number of hydrogen-bond acceptors (Lipinski definition) is 4. The first-order chi connectivity index (χ1) is 11.5. The number of carbonyl (C=O) groups excluding carboxylic acids is 1. The molecule has 0 aromatic heterocycles. The predicted octanol–water partition coefficient (Wildman–Crippen LogP) is 2.74. The molecular weight excluding hydrogens is 312 g/mol. The quantitative estimate of drug-likeness (QED) is 0.599. The molecular formula is C18H14O6. The van der Waals surface area contributed by atoms with Crippen molar-refractivity contribution in [2.75, 3.05) is 6.61 Å². The number of ketones is 1. The number of benzene rings is 2. The summed E-state index contributed by atoms with van der Waals surface area (Å²) in [6.07, 6.45) is 2.92. The normalized spacial score (nSPS) is 10.5. The topological polar surface area (TPSA) is 101 Å². The van der Waals surface area contributed by atoms with E-state index in [0.717, 1.165) is 0 Å². The fourth-order valence-electron chi connectivity index (χ4n) is 1.89. The number of allylic oxidation sites excluding steroid dienone is 1. The third-order valence-electron chi connectivity index (χ3n) is 3.07. The van der Waals surface area contributed by atoms with Gasteiger partial charge in [-0.25, -0.2) is 9.59 Å². The molecule has 0 aliphatic carbocycles. The lowest BCUT2D eigenvalue weighted by molar-refractivity contribution is -0.139. The van der Waals surface area contributed by atoms with Crippen LogP contribution in [0, 0.1) is 0 Å². The van der Waals surface area contributed by atoms with Crippen LogP contribution in [0.25, 0.3) is 6.08 Å². The maximum Gasteiger partial charge on any atom is 0.341 e. The second-order valence-corrected chi connectivity index (χ2v) is 4.83. The molecule has 0 spiro atoms. The van der Waals surface area contributed by atoms with Crippen LogP contribution in [0.5, 0.6) is 5.75 Å². The molecule has 122 valence electrons. The summed E-state index contributed by atoms with van der Waals surface area (Å²) in [5.74, 6) is -2.10. The number of carboxylic acid groups (broad SMARTS) is 2. The largest absolute Gasteiger partial charge is 0.482 e. The van der Waals surface area contributed by atoms with Gasteiger partial charge in [0.15, 0.2) is 12.4 Å². The number of hydrogen-bond donors (Lipinski definition) is 2. The zero-order valence-electron chi connectivity index (χ0n) is 12.5. The summed E-state index contributed by atoms with van der Waals surface area (Å²) >= 11 is 0. The Kier molecular flexibility index (Phi) is 5.46. The van der Waals surface area contributed by atoms with Crippen molar-refractivity contribution in [1.29, 1.82) is 0 Å². The van der Waals surface area contributed by atoms with E-state index in [1.165, 1.54) is 24.3 Å². The van der Waals surface area contributed by atoms with Gasteiger partial charge in [0.1, 0.15) is 5.75 Å². The average Bonchev–Trinajstić information content (AvgIpc) is 2.58. The molecule has 2 aromatic carbocycles. The van der Waals surface area contributed by atoms with Crippen molar-refractivity contribution in [2.24, 2.45) is 0 Å². The minimum Gasteiger partial charge on any atom is -0.482 e. The van der Waals surface area contributed by atoms with Crippen LogP contribution in [0.2, 0.25) is 0 Å². The molecule has 6 nitrogen and oxygen atoms in total. The minimum absolute atomic E-state index is 0.168. The Bertz CT molecular complexity index is 789. The molecule has 0 aliphatic rings. The lowest BCUT2D eigenvalue weighted by atomic mass is 10.1. The molecule has 0 amide bonds. The number of aliphatic carboxylic acids is 1. The first-order valence-electron chi connectivity index (χ1n) is 6.96. The second kappa shape index (κ2) is 7.73. The first kappa shape index (κ1) is 17.0. The highest BCUT2D eigenvalue weighted by Gasteiger charge is 2.05. The summed E-state index contributed by atoms with van der Waals surface area (Å²) in [6.45, 7) is -0.483. The van der Waals surface area contributed by atoms with E-state index in [1.807, 2.05) is 0 Å². The summed E-state index contributed by atoms with van der Waals surface area (Å²) in [5.41, 5.74) is 1.21. The van der Waals surface area contributed by atoms with Gasteiger partial charge in [-0.05, 0) is 35.9 Å². The van der Waals surface area contributed by atoms with Gasteiger partial charge in [0.05, 0.1) is 5.56 Å². The number of aromatic carboxylic acids is 1. The molecule has 0 atom stereocenters. The maximum atomic E-state index is 12.1. The summed E-state index contributed by atoms with van der Waals surface area (Å²) in [4.78, 5) is 33.4. The molecule has 0 saturated carbocycles. The van der Waals surface area contributed by atoms with Crippen molar-refractivity contribution in [3.05, 3.63) is 71.3 Å². The molecule has 0 saturated heterocycles. The molecule has 0 radical (unpaired) electrons. The van der Waals surface area contributed by atoms with Crippen molar-refractivity contribution in [2.45, 2.75) is 0 Å². The van der Waals surface area contributed by atoms with Crippen LogP contribution >= 0.6 is 0 Å². The molecule has 6 heteroatoms. The monoisotopic (exact) mass is 326 g/mol. The highest BCUT2D eigenvalue weighted by atomic mass is 16.5. The van der Waals surface area contributed by atoms with Crippen molar-refractivity contribution in [1.82, 2.24) is 0 Å². The number of carboxylic acids is 2. The standard InChI is InChI=1S/C18H14O6/c19-16(9-6-12-4-7-13(8-5-12)18(22)23)14-2-1-3-15(10-14)24-11-17(20)21/h1-10H,11H2,(H,20,21)(H,22,23)/b9-6+. The summed E-state index contributed by atoms with van der Waals surface area (Å²) < 4.78 is 5.03. The van der Waals surface area contributed by atoms with Gasteiger partial charge in [-0.2, -0.15) is 0 Å². The molecule has 0 unspecified atom stereocenters. The van der Waals surface area contributed by atoms with Gasteiger partial charge in [0, 0.05) is 5.56 Å². The van der Waals surface area contributed by atoms with E-state index < -0.39 is 18.5 Å². The van der Waals surface area contributed by atoms with E-state index in [1.54, 1.807) is 36.4 Å². The van der Waals surface area contributed by atoms with E-state index in [-0.39, 0.29) is 11.3 Å². The lowest BCUT2D eigenvalue weighted by Gasteiger charge is -2.04. The van der Waals surface area contributed by atoms with Crippen LogP contribution in [0.3, 0.4) is 0 Å². The SMILES string of the molecule is O=C(O)COc1cccc(C(=O)/C=C/c2ccc(C(=O)O)cc2)c1. The molecule has 0 aliphatic heterocycles. The molecule has 24 heavy (non-hydrogen) atoms. The third kappa shape index (κ3) is 4.81. The molecule has 0 bridgehead atoms. The molecule has 0 heterocycles. The lowest BCUT2D eigenvalue weighted by Crippen LogP contribution is -2.09. The number of rotatable bonds is 7. The van der Waals surface area contributed by atoms with Crippen LogP contribution in [-0.4, -0.2) is 34.5 Å². The summed E-state index contributed by atoms with van der Waals surface area (Å²) in [7, 11) is 0. The van der Waals surface area contributed by atoms with E-state index >= 15 is 0 Å². The van der Waals surface area contributed by atoms with E-state index in [4.69, 9.17) is 14.9 Å². The van der Waals surface area contributed by atoms with E-state index in [9.17, 15) is 14.4 Å². The zero-order valence-corrected chi connectivity index (χ0v) is 12.5. The highest BCUT2D eigenvalue weighted by molar-refractivity contribution is 6.07. The van der Waals surface area contributed by atoms with Gasteiger partial charge in [0.2, 0.25) is 0 Å². The first-order valence-corrected chi connectivity index (χ1v) is 6.96. The van der Waals surface area contributed by atoms with Crippen molar-refractivity contribution >= 4 is 23.8 Å². The molecule has 0 fully saturated rings.